The van der Waals surface area contributed by atoms with Gasteiger partial charge in [0.2, 0.25) is 0 Å². The lowest BCUT2D eigenvalue weighted by atomic mass is 10.0. The molecule has 2 atom stereocenters. The van der Waals surface area contributed by atoms with Crippen molar-refractivity contribution in [2.75, 3.05) is 38.2 Å². The van der Waals surface area contributed by atoms with Crippen molar-refractivity contribution < 1.29 is 0 Å². The van der Waals surface area contributed by atoms with Crippen LogP contribution in [0.25, 0.3) is 0 Å². The number of hydrogen-bond acceptors (Lipinski definition) is 3. The normalized spacial score (nSPS) is 25.4. The Morgan fingerprint density at radius 1 is 1.53 bits per heavy atom. The maximum Gasteiger partial charge on any atom is 0.0195 e. The lowest BCUT2D eigenvalue weighted by molar-refractivity contribution is 0.175. The van der Waals surface area contributed by atoms with Crippen molar-refractivity contribution in [3.63, 3.8) is 0 Å². The molecule has 1 aliphatic rings. The molecule has 0 spiro atoms. The predicted octanol–water partition coefficient (Wildman–Crippen LogP) is 2.06. The van der Waals surface area contributed by atoms with Gasteiger partial charge in [0.25, 0.3) is 0 Å². The Hall–Kier alpha value is 0.270. The number of piperidine rings is 1. The number of thioether (sulfide) groups is 1. The molecule has 1 saturated heterocycles. The van der Waals surface area contributed by atoms with Crippen LogP contribution in [0.3, 0.4) is 0 Å². The van der Waals surface area contributed by atoms with Crippen molar-refractivity contribution in [1.29, 1.82) is 0 Å². The summed E-state index contributed by atoms with van der Waals surface area (Å²) in [5.74, 6) is 2.13. The van der Waals surface area contributed by atoms with E-state index in [1.165, 1.54) is 38.2 Å². The van der Waals surface area contributed by atoms with Gasteiger partial charge in [0.05, 0.1) is 0 Å². The van der Waals surface area contributed by atoms with Gasteiger partial charge in [-0.25, -0.2) is 0 Å². The quantitative estimate of drug-likeness (QED) is 0.752. The molecule has 0 aliphatic carbocycles. The van der Waals surface area contributed by atoms with Gasteiger partial charge in [-0.1, -0.05) is 13.8 Å². The molecule has 0 aromatic carbocycles. The molecule has 0 aromatic heterocycles. The van der Waals surface area contributed by atoms with Crippen LogP contribution in [0.15, 0.2) is 0 Å². The lowest BCUT2D eigenvalue weighted by Crippen LogP contribution is -2.46. The number of nitrogens with zero attached hydrogens (tertiary/aromatic N) is 1. The van der Waals surface area contributed by atoms with E-state index in [0.29, 0.717) is 0 Å². The third-order valence-corrected chi connectivity index (χ3v) is 3.92. The number of nitrogens with one attached hydrogen (secondary N) is 1. The van der Waals surface area contributed by atoms with Crippen molar-refractivity contribution in [3.05, 3.63) is 0 Å². The molecule has 15 heavy (non-hydrogen) atoms. The summed E-state index contributed by atoms with van der Waals surface area (Å²) in [7, 11) is 0. The Morgan fingerprint density at radius 3 is 3.00 bits per heavy atom. The van der Waals surface area contributed by atoms with E-state index in [9.17, 15) is 0 Å². The molecule has 0 amide bonds. The highest BCUT2D eigenvalue weighted by molar-refractivity contribution is 7.98. The van der Waals surface area contributed by atoms with Crippen molar-refractivity contribution >= 4 is 11.8 Å². The number of likely N-dealkylation sites (N-methyl/N-ethyl adjacent to an activating group) is 1. The van der Waals surface area contributed by atoms with E-state index in [4.69, 9.17) is 0 Å². The topological polar surface area (TPSA) is 15.3 Å². The van der Waals surface area contributed by atoms with Crippen LogP contribution in [0.1, 0.15) is 26.7 Å². The Morgan fingerprint density at radius 2 is 2.33 bits per heavy atom. The molecule has 2 unspecified atom stereocenters. The third kappa shape index (κ3) is 5.23. The van der Waals surface area contributed by atoms with Crippen LogP contribution in [-0.4, -0.2) is 49.1 Å². The minimum Gasteiger partial charge on any atom is -0.313 e. The minimum atomic E-state index is 0.741. The average Bonchev–Trinajstić information content (AvgIpc) is 2.19. The molecule has 1 aliphatic heterocycles. The van der Waals surface area contributed by atoms with Gasteiger partial charge < -0.3 is 10.2 Å². The van der Waals surface area contributed by atoms with Crippen LogP contribution < -0.4 is 5.32 Å². The van der Waals surface area contributed by atoms with Crippen LogP contribution >= 0.6 is 11.8 Å². The molecule has 2 nitrogen and oxygen atoms in total. The largest absolute Gasteiger partial charge is 0.313 e. The fraction of sp³-hybridized carbons (Fsp3) is 1.00. The molecule has 0 saturated carbocycles. The molecule has 1 N–H and O–H groups in total. The molecular formula is C12H26N2S. The van der Waals surface area contributed by atoms with E-state index in [0.717, 1.165) is 18.5 Å². The summed E-state index contributed by atoms with van der Waals surface area (Å²) < 4.78 is 0. The van der Waals surface area contributed by atoms with Crippen LogP contribution in [0.5, 0.6) is 0 Å². The number of likely N-dealkylation sites (tertiary alicyclic amines) is 1. The second-order valence-corrected chi connectivity index (χ2v) is 5.63. The van der Waals surface area contributed by atoms with E-state index in [2.05, 4.69) is 30.3 Å². The lowest BCUT2D eigenvalue weighted by Gasteiger charge is -2.34. The maximum absolute atomic E-state index is 3.57. The molecule has 0 aromatic rings. The highest BCUT2D eigenvalue weighted by Gasteiger charge is 2.19. The summed E-state index contributed by atoms with van der Waals surface area (Å²) in [5, 5.41) is 3.57. The molecular weight excluding hydrogens is 204 g/mol. The summed E-state index contributed by atoms with van der Waals surface area (Å²) in [4.78, 5) is 2.64. The maximum atomic E-state index is 3.57. The molecule has 1 rings (SSSR count). The molecule has 0 radical (unpaired) electrons. The number of hydrogen-bond donors (Lipinski definition) is 1. The van der Waals surface area contributed by atoms with Crippen molar-refractivity contribution in [1.82, 2.24) is 10.2 Å². The van der Waals surface area contributed by atoms with Gasteiger partial charge in [-0.15, -0.1) is 0 Å². The van der Waals surface area contributed by atoms with E-state index in [1.54, 1.807) is 0 Å². The first-order valence-corrected chi connectivity index (χ1v) is 7.60. The molecule has 3 heteroatoms. The van der Waals surface area contributed by atoms with Crippen LogP contribution in [-0.2, 0) is 0 Å². The Kier molecular flexibility index (Phi) is 6.69. The smallest absolute Gasteiger partial charge is 0.0195 e. The first-order valence-electron chi connectivity index (χ1n) is 6.21. The highest BCUT2D eigenvalue weighted by atomic mass is 32.2. The van der Waals surface area contributed by atoms with Gasteiger partial charge in [0, 0.05) is 19.1 Å². The zero-order valence-corrected chi connectivity index (χ0v) is 11.3. The van der Waals surface area contributed by atoms with E-state index < -0.39 is 0 Å². The van der Waals surface area contributed by atoms with Crippen molar-refractivity contribution in [2.24, 2.45) is 5.92 Å². The summed E-state index contributed by atoms with van der Waals surface area (Å²) >= 11 is 1.97. The highest BCUT2D eigenvalue weighted by Crippen LogP contribution is 2.13. The van der Waals surface area contributed by atoms with E-state index >= 15 is 0 Å². The van der Waals surface area contributed by atoms with E-state index in [1.807, 2.05) is 11.8 Å². The predicted molar refractivity (Wildman–Crippen MR) is 70.7 cm³/mol. The zero-order chi connectivity index (χ0) is 11.1. The zero-order valence-electron chi connectivity index (χ0n) is 10.5. The van der Waals surface area contributed by atoms with Crippen LogP contribution in [0.4, 0.5) is 0 Å². The number of rotatable bonds is 6. The van der Waals surface area contributed by atoms with Gasteiger partial charge in [-0.2, -0.15) is 11.8 Å². The second kappa shape index (κ2) is 7.53. The fourth-order valence-electron chi connectivity index (χ4n) is 2.45. The Bertz CT molecular complexity index is 160. The van der Waals surface area contributed by atoms with Gasteiger partial charge in [-0.05, 0) is 43.9 Å². The summed E-state index contributed by atoms with van der Waals surface area (Å²) in [6.07, 6.45) is 4.93. The van der Waals surface area contributed by atoms with Gasteiger partial charge in [0.15, 0.2) is 0 Å². The summed E-state index contributed by atoms with van der Waals surface area (Å²) in [5.41, 5.74) is 0. The fourth-order valence-corrected chi connectivity index (χ4v) is 3.13. The second-order valence-electron chi connectivity index (χ2n) is 4.72. The minimum absolute atomic E-state index is 0.741. The molecule has 1 heterocycles. The Balaban J connectivity index is 2.23. The average molecular weight is 230 g/mol. The monoisotopic (exact) mass is 230 g/mol. The first kappa shape index (κ1) is 13.3. The van der Waals surface area contributed by atoms with E-state index in [-0.39, 0.29) is 0 Å². The van der Waals surface area contributed by atoms with Gasteiger partial charge >= 0.3 is 0 Å². The van der Waals surface area contributed by atoms with Crippen molar-refractivity contribution in [3.8, 4) is 0 Å². The first-order chi connectivity index (χ1) is 7.26. The summed E-state index contributed by atoms with van der Waals surface area (Å²) in [6, 6.07) is 0.741. The molecule has 90 valence electrons. The van der Waals surface area contributed by atoms with Gasteiger partial charge in [-0.3, -0.25) is 0 Å². The van der Waals surface area contributed by atoms with Crippen LogP contribution in [0, 0.1) is 5.92 Å². The molecule has 1 fully saturated rings. The SMILES string of the molecule is CCNC1CCCN(CC(C)CSC)C1. The van der Waals surface area contributed by atoms with Gasteiger partial charge in [0.1, 0.15) is 0 Å². The Labute approximate surface area is 99.2 Å². The third-order valence-electron chi connectivity index (χ3n) is 3.02. The summed E-state index contributed by atoms with van der Waals surface area (Å²) in [6.45, 7) is 9.53. The standard InChI is InChI=1S/C12H26N2S/c1-4-13-12-6-5-7-14(9-12)8-11(2)10-15-3/h11-13H,4-10H2,1-3H3. The molecule has 0 bridgehead atoms. The van der Waals surface area contributed by atoms with Crippen molar-refractivity contribution in [2.45, 2.75) is 32.7 Å². The van der Waals surface area contributed by atoms with Crippen LogP contribution in [0.2, 0.25) is 0 Å².